The van der Waals surface area contributed by atoms with Crippen molar-refractivity contribution in [1.29, 1.82) is 0 Å². The summed E-state index contributed by atoms with van der Waals surface area (Å²) in [4.78, 5) is 0. The third-order valence-electron chi connectivity index (χ3n) is 6.32. The maximum atomic E-state index is 11.2. The Labute approximate surface area is 129 Å². The normalized spacial score (nSPS) is 40.3. The van der Waals surface area contributed by atoms with Crippen molar-refractivity contribution in [2.45, 2.75) is 82.3 Å². The number of ether oxygens (including phenoxy) is 2. The fraction of sp³-hybridized carbons (Fsp3) is 1.00. The summed E-state index contributed by atoms with van der Waals surface area (Å²) in [6.07, 6.45) is 11.2. The quantitative estimate of drug-likeness (QED) is 0.863. The first-order chi connectivity index (χ1) is 10.2. The Balaban J connectivity index is 1.60. The summed E-state index contributed by atoms with van der Waals surface area (Å²) in [7, 11) is 0. The molecule has 1 unspecified atom stereocenters. The molecule has 122 valence electrons. The lowest BCUT2D eigenvalue weighted by Crippen LogP contribution is -2.51. The van der Waals surface area contributed by atoms with Crippen LogP contribution in [0.3, 0.4) is 0 Å². The molecule has 2 saturated heterocycles. The van der Waals surface area contributed by atoms with Gasteiger partial charge in [-0.05, 0) is 63.2 Å². The van der Waals surface area contributed by atoms with Crippen molar-refractivity contribution in [3.05, 3.63) is 0 Å². The summed E-state index contributed by atoms with van der Waals surface area (Å²) in [5.41, 5.74) is -0.406. The van der Waals surface area contributed by atoms with E-state index >= 15 is 0 Å². The average Bonchev–Trinajstić information content (AvgIpc) is 2.51. The van der Waals surface area contributed by atoms with Crippen LogP contribution in [0.4, 0.5) is 0 Å². The van der Waals surface area contributed by atoms with Crippen LogP contribution in [0.15, 0.2) is 0 Å². The van der Waals surface area contributed by atoms with E-state index in [-0.39, 0.29) is 5.60 Å². The molecule has 2 heterocycles. The lowest BCUT2D eigenvalue weighted by atomic mass is 9.66. The van der Waals surface area contributed by atoms with Crippen molar-refractivity contribution in [1.82, 2.24) is 0 Å². The molecule has 0 aromatic heterocycles. The second kappa shape index (κ2) is 6.55. The van der Waals surface area contributed by atoms with Gasteiger partial charge >= 0.3 is 0 Å². The van der Waals surface area contributed by atoms with Crippen LogP contribution in [0.25, 0.3) is 0 Å². The van der Waals surface area contributed by atoms with Crippen molar-refractivity contribution in [2.24, 2.45) is 11.8 Å². The van der Waals surface area contributed by atoms with Crippen LogP contribution >= 0.6 is 0 Å². The molecule has 1 aliphatic carbocycles. The predicted octanol–water partition coefficient (Wildman–Crippen LogP) is 3.68. The van der Waals surface area contributed by atoms with Crippen LogP contribution in [0.1, 0.15) is 71.1 Å². The van der Waals surface area contributed by atoms with Gasteiger partial charge in [-0.2, -0.15) is 0 Å². The van der Waals surface area contributed by atoms with E-state index in [1.165, 1.54) is 25.7 Å². The first kappa shape index (κ1) is 15.8. The summed E-state index contributed by atoms with van der Waals surface area (Å²) >= 11 is 0. The van der Waals surface area contributed by atoms with Gasteiger partial charge in [0, 0.05) is 19.8 Å². The smallest absolute Gasteiger partial charge is 0.0730 e. The van der Waals surface area contributed by atoms with Gasteiger partial charge in [-0.15, -0.1) is 0 Å². The second-order valence-electron chi connectivity index (χ2n) is 7.67. The van der Waals surface area contributed by atoms with Crippen molar-refractivity contribution < 1.29 is 14.6 Å². The molecule has 1 N–H and O–H groups in total. The van der Waals surface area contributed by atoms with E-state index in [4.69, 9.17) is 9.47 Å². The van der Waals surface area contributed by atoms with Gasteiger partial charge < -0.3 is 14.6 Å². The van der Waals surface area contributed by atoms with Crippen LogP contribution in [0.5, 0.6) is 0 Å². The Bertz CT molecular complexity index is 322. The van der Waals surface area contributed by atoms with Gasteiger partial charge in [0.15, 0.2) is 0 Å². The van der Waals surface area contributed by atoms with E-state index in [1.807, 2.05) is 0 Å². The fourth-order valence-electron chi connectivity index (χ4n) is 4.86. The Morgan fingerprint density at radius 3 is 2.38 bits per heavy atom. The fourth-order valence-corrected chi connectivity index (χ4v) is 4.86. The zero-order chi connectivity index (χ0) is 14.8. The summed E-state index contributed by atoms with van der Waals surface area (Å²) in [5, 5.41) is 11.2. The molecule has 1 saturated carbocycles. The molecule has 1 spiro atoms. The first-order valence-corrected chi connectivity index (χ1v) is 9.10. The molecular weight excluding hydrogens is 264 g/mol. The minimum absolute atomic E-state index is 0.0111. The highest BCUT2D eigenvalue weighted by atomic mass is 16.5. The van der Waals surface area contributed by atoms with Gasteiger partial charge in [0.2, 0.25) is 0 Å². The van der Waals surface area contributed by atoms with Gasteiger partial charge in [0.05, 0.1) is 11.2 Å². The van der Waals surface area contributed by atoms with Crippen LogP contribution in [0.2, 0.25) is 0 Å². The molecule has 0 amide bonds. The zero-order valence-electron chi connectivity index (χ0n) is 13.6. The molecule has 3 aliphatic rings. The largest absolute Gasteiger partial charge is 0.390 e. The van der Waals surface area contributed by atoms with E-state index in [0.717, 1.165) is 64.3 Å². The van der Waals surface area contributed by atoms with Gasteiger partial charge in [-0.1, -0.05) is 19.8 Å². The Morgan fingerprint density at radius 2 is 1.71 bits per heavy atom. The maximum absolute atomic E-state index is 11.2. The third kappa shape index (κ3) is 3.46. The highest BCUT2D eigenvalue weighted by molar-refractivity contribution is 4.98. The highest BCUT2D eigenvalue weighted by Gasteiger charge is 2.47. The summed E-state index contributed by atoms with van der Waals surface area (Å²) in [6.45, 7) is 4.74. The Kier molecular flexibility index (Phi) is 4.92. The zero-order valence-corrected chi connectivity index (χ0v) is 13.6. The second-order valence-corrected chi connectivity index (χ2v) is 7.67. The number of hydrogen-bond donors (Lipinski definition) is 1. The minimum atomic E-state index is -0.417. The third-order valence-corrected chi connectivity index (χ3v) is 6.32. The van der Waals surface area contributed by atoms with Crippen molar-refractivity contribution in [3.63, 3.8) is 0 Å². The van der Waals surface area contributed by atoms with Crippen LogP contribution < -0.4 is 0 Å². The number of rotatable bonds is 3. The summed E-state index contributed by atoms with van der Waals surface area (Å²) < 4.78 is 11.6. The highest BCUT2D eigenvalue weighted by Crippen LogP contribution is 2.47. The minimum Gasteiger partial charge on any atom is -0.390 e. The molecule has 21 heavy (non-hydrogen) atoms. The number of aliphatic hydroxyl groups is 1. The molecule has 0 aromatic carbocycles. The molecule has 3 fully saturated rings. The van der Waals surface area contributed by atoms with Crippen LogP contribution in [-0.4, -0.2) is 36.1 Å². The molecule has 0 radical (unpaired) electrons. The monoisotopic (exact) mass is 296 g/mol. The molecule has 3 nitrogen and oxygen atoms in total. The van der Waals surface area contributed by atoms with E-state index in [1.54, 1.807) is 0 Å². The van der Waals surface area contributed by atoms with E-state index in [0.29, 0.717) is 5.92 Å². The van der Waals surface area contributed by atoms with Crippen molar-refractivity contribution in [2.75, 3.05) is 19.8 Å². The lowest BCUT2D eigenvalue weighted by Gasteiger charge is -2.50. The van der Waals surface area contributed by atoms with Crippen LogP contribution in [-0.2, 0) is 9.47 Å². The van der Waals surface area contributed by atoms with Gasteiger partial charge in [0.25, 0.3) is 0 Å². The topological polar surface area (TPSA) is 38.7 Å². The molecule has 0 bridgehead atoms. The molecule has 2 aliphatic heterocycles. The van der Waals surface area contributed by atoms with Gasteiger partial charge in [-0.25, -0.2) is 0 Å². The van der Waals surface area contributed by atoms with E-state index in [2.05, 4.69) is 6.92 Å². The predicted molar refractivity (Wildman–Crippen MR) is 83.3 cm³/mol. The maximum Gasteiger partial charge on any atom is 0.0730 e. The van der Waals surface area contributed by atoms with E-state index in [9.17, 15) is 5.11 Å². The van der Waals surface area contributed by atoms with Crippen molar-refractivity contribution in [3.8, 4) is 0 Å². The Hall–Kier alpha value is -0.120. The van der Waals surface area contributed by atoms with Gasteiger partial charge in [0.1, 0.15) is 0 Å². The molecular formula is C18H32O3. The SMILES string of the molecule is CCCC1CCC(O)(C2CCOC3(CCOCC3)C2)CC1. The van der Waals surface area contributed by atoms with Gasteiger partial charge in [-0.3, -0.25) is 0 Å². The standard InChI is InChI=1S/C18H32O3/c1-2-3-15-4-7-18(19,8-5-15)16-6-11-21-17(14-16)9-12-20-13-10-17/h15-16,19H,2-14H2,1H3. The molecule has 1 atom stereocenters. The molecule has 3 heteroatoms. The first-order valence-electron chi connectivity index (χ1n) is 9.10. The average molecular weight is 296 g/mol. The molecule has 0 aromatic rings. The lowest BCUT2D eigenvalue weighted by molar-refractivity contribution is -0.182. The Morgan fingerprint density at radius 1 is 1.00 bits per heavy atom. The van der Waals surface area contributed by atoms with Crippen molar-refractivity contribution >= 4 is 0 Å². The van der Waals surface area contributed by atoms with E-state index < -0.39 is 5.60 Å². The number of hydrogen-bond acceptors (Lipinski definition) is 3. The van der Waals surface area contributed by atoms with Crippen LogP contribution in [0, 0.1) is 11.8 Å². The molecule has 3 rings (SSSR count). The summed E-state index contributed by atoms with van der Waals surface area (Å²) in [5.74, 6) is 1.29. The summed E-state index contributed by atoms with van der Waals surface area (Å²) in [6, 6.07) is 0.